The Hall–Kier alpha value is -3.66. The van der Waals surface area contributed by atoms with E-state index >= 15 is 0 Å². The topological polar surface area (TPSA) is 52.6 Å². The van der Waals surface area contributed by atoms with Crippen LogP contribution in [0.2, 0.25) is 0 Å². The fourth-order valence-corrected chi connectivity index (χ4v) is 2.50. The van der Waals surface area contributed by atoms with Crippen LogP contribution in [0, 0.1) is 0 Å². The molecule has 0 saturated carbocycles. The summed E-state index contributed by atoms with van der Waals surface area (Å²) in [5.74, 6) is -0.0359. The minimum Gasteiger partial charge on any atom is -0.423 e. The zero-order valence-corrected chi connectivity index (χ0v) is 14.0. The summed E-state index contributed by atoms with van der Waals surface area (Å²) < 4.78 is 10.2. The molecule has 0 aliphatic rings. The number of ether oxygens (including phenoxy) is 2. The smallest absolute Gasteiger partial charge is 0.335 e. The highest BCUT2D eigenvalue weighted by Crippen LogP contribution is 2.28. The Morgan fingerprint density at radius 1 is 0.654 bits per heavy atom. The van der Waals surface area contributed by atoms with Crippen molar-refractivity contribution in [2.45, 2.75) is 0 Å². The monoisotopic (exact) mass is 344 g/mol. The average molecular weight is 344 g/mol. The summed E-state index contributed by atoms with van der Waals surface area (Å²) in [4.78, 5) is 22.5. The number of fused-ring (bicyclic) bond motifs is 1. The minimum atomic E-state index is -0.489. The van der Waals surface area contributed by atoms with Crippen LogP contribution in [0.5, 0.6) is 11.5 Å². The van der Waals surface area contributed by atoms with E-state index in [0.717, 1.165) is 34.1 Å². The van der Waals surface area contributed by atoms with Crippen molar-refractivity contribution in [3.05, 3.63) is 86.0 Å². The lowest BCUT2D eigenvalue weighted by Crippen LogP contribution is -2.02. The fourth-order valence-electron chi connectivity index (χ4n) is 2.50. The van der Waals surface area contributed by atoms with Gasteiger partial charge in [0.25, 0.3) is 0 Å². The number of carbonyl (C=O) groups is 2. The van der Waals surface area contributed by atoms with Gasteiger partial charge in [0.2, 0.25) is 0 Å². The van der Waals surface area contributed by atoms with Crippen LogP contribution in [0.4, 0.5) is 0 Å². The van der Waals surface area contributed by atoms with E-state index in [1.165, 1.54) is 0 Å². The van der Waals surface area contributed by atoms with E-state index < -0.39 is 11.9 Å². The van der Waals surface area contributed by atoms with Gasteiger partial charge in [0.1, 0.15) is 11.5 Å². The molecule has 0 aromatic heterocycles. The molecule has 0 fully saturated rings. The molecule has 0 atom stereocenters. The zero-order chi connectivity index (χ0) is 18.5. The Labute approximate surface area is 151 Å². The minimum absolute atomic E-state index is 0.466. The van der Waals surface area contributed by atoms with Crippen molar-refractivity contribution < 1.29 is 19.1 Å². The first-order valence-corrected chi connectivity index (χ1v) is 7.92. The molecule has 26 heavy (non-hydrogen) atoms. The van der Waals surface area contributed by atoms with Gasteiger partial charge in [0.05, 0.1) is 0 Å². The molecule has 0 radical (unpaired) electrons. The third-order valence-corrected chi connectivity index (χ3v) is 3.77. The first-order valence-electron chi connectivity index (χ1n) is 7.92. The quantitative estimate of drug-likeness (QED) is 0.383. The Bertz CT molecular complexity index is 1000. The molecule has 0 spiro atoms. The lowest BCUT2D eigenvalue weighted by molar-refractivity contribution is -0.129. The predicted molar refractivity (Wildman–Crippen MR) is 101 cm³/mol. The second kappa shape index (κ2) is 7.49. The number of carbonyl (C=O) groups excluding carboxylic acids is 2. The molecule has 0 amide bonds. The summed E-state index contributed by atoms with van der Waals surface area (Å²) in [6, 6.07) is 18.7. The van der Waals surface area contributed by atoms with Crippen LogP contribution < -0.4 is 9.47 Å². The lowest BCUT2D eigenvalue weighted by Gasteiger charge is -2.07. The number of benzene rings is 3. The van der Waals surface area contributed by atoms with Crippen molar-refractivity contribution in [3.63, 3.8) is 0 Å². The molecule has 0 aliphatic heterocycles. The van der Waals surface area contributed by atoms with E-state index in [4.69, 9.17) is 9.47 Å². The van der Waals surface area contributed by atoms with Crippen LogP contribution in [0.25, 0.3) is 21.9 Å². The third kappa shape index (κ3) is 3.87. The molecule has 4 nitrogen and oxygen atoms in total. The first kappa shape index (κ1) is 17.2. The second-order valence-corrected chi connectivity index (χ2v) is 5.50. The van der Waals surface area contributed by atoms with Crippen LogP contribution in [-0.4, -0.2) is 11.9 Å². The van der Waals surface area contributed by atoms with Gasteiger partial charge in [-0.1, -0.05) is 43.5 Å². The van der Waals surface area contributed by atoms with Gasteiger partial charge >= 0.3 is 11.9 Å². The lowest BCUT2D eigenvalue weighted by atomic mass is 10.0. The number of hydrogen-bond donors (Lipinski definition) is 0. The standard InChI is InChI=1S/C22H16O4/c1-3-21(23)25-19-10-7-15(8-11-19)16-5-6-18-14-20(26-22(24)4-2)12-9-17(18)13-16/h3-14H,1-2H2. The highest BCUT2D eigenvalue weighted by molar-refractivity contribution is 5.90. The molecule has 0 N–H and O–H groups in total. The molecule has 3 aromatic carbocycles. The van der Waals surface area contributed by atoms with Gasteiger partial charge in [-0.05, 0) is 52.2 Å². The average Bonchev–Trinajstić information content (AvgIpc) is 2.68. The van der Waals surface area contributed by atoms with Crippen molar-refractivity contribution >= 4 is 22.7 Å². The molecule has 0 saturated heterocycles. The van der Waals surface area contributed by atoms with Crippen LogP contribution >= 0.6 is 0 Å². The number of rotatable bonds is 5. The Balaban J connectivity index is 1.85. The fraction of sp³-hybridized carbons (Fsp3) is 0. The predicted octanol–water partition coefficient (Wildman–Crippen LogP) is 4.69. The van der Waals surface area contributed by atoms with Crippen molar-refractivity contribution in [3.8, 4) is 22.6 Å². The zero-order valence-electron chi connectivity index (χ0n) is 14.0. The van der Waals surface area contributed by atoms with Crippen molar-refractivity contribution in [2.24, 2.45) is 0 Å². The van der Waals surface area contributed by atoms with Gasteiger partial charge < -0.3 is 9.47 Å². The van der Waals surface area contributed by atoms with E-state index in [9.17, 15) is 9.59 Å². The maximum absolute atomic E-state index is 11.3. The second-order valence-electron chi connectivity index (χ2n) is 5.50. The Morgan fingerprint density at radius 3 is 1.81 bits per heavy atom. The normalized spacial score (nSPS) is 10.2. The Morgan fingerprint density at radius 2 is 1.15 bits per heavy atom. The van der Waals surface area contributed by atoms with Gasteiger partial charge in [0, 0.05) is 12.2 Å². The largest absolute Gasteiger partial charge is 0.423 e. The molecular formula is C22H16O4. The Kier molecular flexibility index (Phi) is 4.94. The maximum Gasteiger partial charge on any atom is 0.335 e. The summed E-state index contributed by atoms with van der Waals surface area (Å²) in [7, 11) is 0. The van der Waals surface area contributed by atoms with E-state index in [0.29, 0.717) is 11.5 Å². The molecule has 0 aliphatic carbocycles. The van der Waals surface area contributed by atoms with E-state index in [1.54, 1.807) is 24.3 Å². The molecule has 0 heterocycles. The number of hydrogen-bond acceptors (Lipinski definition) is 4. The molecule has 0 unspecified atom stereocenters. The summed E-state index contributed by atoms with van der Waals surface area (Å²) in [5.41, 5.74) is 2.02. The molecule has 128 valence electrons. The third-order valence-electron chi connectivity index (χ3n) is 3.77. The maximum atomic E-state index is 11.3. The highest BCUT2D eigenvalue weighted by Gasteiger charge is 2.05. The van der Waals surface area contributed by atoms with Crippen LogP contribution in [0.3, 0.4) is 0 Å². The van der Waals surface area contributed by atoms with Crippen molar-refractivity contribution in [1.29, 1.82) is 0 Å². The van der Waals surface area contributed by atoms with Crippen LogP contribution in [0.15, 0.2) is 86.0 Å². The summed E-state index contributed by atoms with van der Waals surface area (Å²) in [6.07, 6.45) is 2.25. The van der Waals surface area contributed by atoms with Gasteiger partial charge in [-0.15, -0.1) is 0 Å². The summed E-state index contributed by atoms with van der Waals surface area (Å²) in [5, 5.41) is 1.97. The number of esters is 2. The van der Waals surface area contributed by atoms with Crippen molar-refractivity contribution in [2.75, 3.05) is 0 Å². The van der Waals surface area contributed by atoms with Gasteiger partial charge in [0.15, 0.2) is 0 Å². The van der Waals surface area contributed by atoms with E-state index in [1.807, 2.05) is 36.4 Å². The van der Waals surface area contributed by atoms with Crippen molar-refractivity contribution in [1.82, 2.24) is 0 Å². The molecule has 0 bridgehead atoms. The van der Waals surface area contributed by atoms with Crippen LogP contribution in [0.1, 0.15) is 0 Å². The highest BCUT2D eigenvalue weighted by atomic mass is 16.5. The van der Waals surface area contributed by atoms with E-state index in [-0.39, 0.29) is 0 Å². The molecule has 3 rings (SSSR count). The summed E-state index contributed by atoms with van der Waals surface area (Å²) >= 11 is 0. The first-order chi connectivity index (χ1) is 12.6. The molecular weight excluding hydrogens is 328 g/mol. The molecule has 4 heteroatoms. The van der Waals surface area contributed by atoms with Gasteiger partial charge in [-0.25, -0.2) is 9.59 Å². The molecule has 3 aromatic rings. The van der Waals surface area contributed by atoms with Crippen LogP contribution in [-0.2, 0) is 9.59 Å². The van der Waals surface area contributed by atoms with Gasteiger partial charge in [-0.2, -0.15) is 0 Å². The SMILES string of the molecule is C=CC(=O)Oc1ccc(-c2ccc3cc(OC(=O)C=C)ccc3c2)cc1. The van der Waals surface area contributed by atoms with Gasteiger partial charge in [-0.3, -0.25) is 0 Å². The van der Waals surface area contributed by atoms with E-state index in [2.05, 4.69) is 13.2 Å². The summed E-state index contributed by atoms with van der Waals surface area (Å²) in [6.45, 7) is 6.75.